The van der Waals surface area contributed by atoms with Gasteiger partial charge in [-0.1, -0.05) is 38.1 Å². The van der Waals surface area contributed by atoms with Gasteiger partial charge in [-0.2, -0.15) is 0 Å². The normalized spacial score (nSPS) is 34.6. The second-order valence-corrected chi connectivity index (χ2v) is 7.91. The summed E-state index contributed by atoms with van der Waals surface area (Å²) in [6.45, 7) is 7.04. The molecule has 0 unspecified atom stereocenters. The van der Waals surface area contributed by atoms with Crippen LogP contribution in [0.25, 0.3) is 0 Å². The molecule has 0 radical (unpaired) electrons. The van der Waals surface area contributed by atoms with Gasteiger partial charge in [0.15, 0.2) is 0 Å². The van der Waals surface area contributed by atoms with Crippen molar-refractivity contribution in [3.8, 4) is 5.75 Å². The summed E-state index contributed by atoms with van der Waals surface area (Å²) >= 11 is 0. The number of ether oxygens (including phenoxy) is 2. The molecule has 0 heterocycles. The average molecular weight is 342 g/mol. The van der Waals surface area contributed by atoms with Gasteiger partial charge in [0.2, 0.25) is 0 Å². The number of Topliss-reactive ketones (excluding diaryl/α,β-unsaturated/α-hetero) is 1. The fraction of sp³-hybridized carbons (Fsp3) is 0.591. The molecule has 5 atom stereocenters. The molecule has 0 aromatic heterocycles. The number of carbonyl (C=O) groups is 1. The third-order valence-electron chi connectivity index (χ3n) is 6.37. The summed E-state index contributed by atoms with van der Waals surface area (Å²) in [5.74, 6) is 2.35. The molecule has 2 saturated carbocycles. The molecule has 0 N–H and O–H groups in total. The lowest BCUT2D eigenvalue weighted by Gasteiger charge is -2.36. The summed E-state index contributed by atoms with van der Waals surface area (Å²) < 4.78 is 11.4. The molecule has 136 valence electrons. The van der Waals surface area contributed by atoms with Crippen LogP contribution in [0.1, 0.15) is 45.6 Å². The van der Waals surface area contributed by atoms with Crippen LogP contribution in [-0.4, -0.2) is 19.0 Å². The van der Waals surface area contributed by atoms with Crippen LogP contribution in [0.5, 0.6) is 5.75 Å². The minimum atomic E-state index is -0.213. The van der Waals surface area contributed by atoms with Gasteiger partial charge in [-0.3, -0.25) is 4.79 Å². The van der Waals surface area contributed by atoms with Crippen LogP contribution in [-0.2, 0) is 16.1 Å². The molecule has 2 aliphatic rings. The van der Waals surface area contributed by atoms with Crippen molar-refractivity contribution < 1.29 is 14.3 Å². The molecule has 1 aromatic carbocycles. The maximum absolute atomic E-state index is 13.1. The molecular weight excluding hydrogens is 312 g/mol. The summed E-state index contributed by atoms with van der Waals surface area (Å²) in [4.78, 5) is 13.1. The second kappa shape index (κ2) is 7.33. The zero-order valence-corrected chi connectivity index (χ0v) is 15.8. The Morgan fingerprint density at radius 1 is 1.24 bits per heavy atom. The molecule has 2 aliphatic carbocycles. The number of fused-ring (bicyclic) bond motifs is 2. The number of ketones is 1. The van der Waals surface area contributed by atoms with Crippen LogP contribution in [0, 0.1) is 23.2 Å². The Labute approximate surface area is 151 Å². The summed E-state index contributed by atoms with van der Waals surface area (Å²) in [6.07, 6.45) is 7.10. The van der Waals surface area contributed by atoms with E-state index in [9.17, 15) is 4.79 Å². The van der Waals surface area contributed by atoms with Crippen molar-refractivity contribution in [2.45, 2.75) is 52.7 Å². The van der Waals surface area contributed by atoms with E-state index < -0.39 is 0 Å². The van der Waals surface area contributed by atoms with Crippen molar-refractivity contribution in [3.05, 3.63) is 42.0 Å². The van der Waals surface area contributed by atoms with E-state index in [2.05, 4.69) is 26.0 Å². The lowest BCUT2D eigenvalue weighted by Crippen LogP contribution is -2.32. The lowest BCUT2D eigenvalue weighted by atomic mass is 9.69. The third-order valence-corrected chi connectivity index (χ3v) is 6.37. The number of allylic oxidation sites excluding steroid dienone is 2. The van der Waals surface area contributed by atoms with Gasteiger partial charge < -0.3 is 9.47 Å². The van der Waals surface area contributed by atoms with Crippen molar-refractivity contribution >= 4 is 5.78 Å². The number of hydrogen-bond donors (Lipinski definition) is 0. The maximum Gasteiger partial charge on any atom is 0.145 e. The van der Waals surface area contributed by atoms with E-state index in [1.54, 1.807) is 7.11 Å². The van der Waals surface area contributed by atoms with E-state index in [-0.39, 0.29) is 17.4 Å². The molecule has 2 fully saturated rings. The molecule has 2 bridgehead atoms. The van der Waals surface area contributed by atoms with Crippen LogP contribution in [0.4, 0.5) is 0 Å². The molecule has 0 amide bonds. The quantitative estimate of drug-likeness (QED) is 0.697. The van der Waals surface area contributed by atoms with E-state index in [4.69, 9.17) is 9.47 Å². The molecule has 0 spiro atoms. The van der Waals surface area contributed by atoms with E-state index in [0.29, 0.717) is 24.2 Å². The Balaban J connectivity index is 1.69. The number of hydrogen-bond acceptors (Lipinski definition) is 3. The van der Waals surface area contributed by atoms with E-state index in [1.165, 1.54) is 0 Å². The molecule has 3 rings (SSSR count). The van der Waals surface area contributed by atoms with Crippen molar-refractivity contribution in [2.24, 2.45) is 23.2 Å². The second-order valence-electron chi connectivity index (χ2n) is 7.91. The van der Waals surface area contributed by atoms with Gasteiger partial charge in [0, 0.05) is 11.3 Å². The zero-order valence-electron chi connectivity index (χ0n) is 15.8. The number of carbonyl (C=O) groups excluding carboxylic acids is 1. The fourth-order valence-electron chi connectivity index (χ4n) is 4.85. The van der Waals surface area contributed by atoms with Gasteiger partial charge in [0.05, 0.1) is 19.8 Å². The average Bonchev–Trinajstić information content (AvgIpc) is 2.86. The van der Waals surface area contributed by atoms with Gasteiger partial charge in [0.1, 0.15) is 11.5 Å². The van der Waals surface area contributed by atoms with Gasteiger partial charge >= 0.3 is 0 Å². The van der Waals surface area contributed by atoms with Crippen LogP contribution < -0.4 is 4.74 Å². The molecule has 3 heteroatoms. The van der Waals surface area contributed by atoms with Gasteiger partial charge in [-0.05, 0) is 55.7 Å². The SMILES string of the molecule is C/C=C/C[C@@]1(C)C(=O)[C@H]2C[C@@H]1[C@H](C)C[C@H]2OCc1ccc(OC)cc1. The Kier molecular flexibility index (Phi) is 5.33. The van der Waals surface area contributed by atoms with E-state index in [1.807, 2.05) is 31.2 Å². The van der Waals surface area contributed by atoms with Crippen molar-refractivity contribution in [2.75, 3.05) is 7.11 Å². The predicted molar refractivity (Wildman–Crippen MR) is 99.5 cm³/mol. The van der Waals surface area contributed by atoms with Crippen molar-refractivity contribution in [1.82, 2.24) is 0 Å². The highest BCUT2D eigenvalue weighted by atomic mass is 16.5. The zero-order chi connectivity index (χ0) is 18.0. The molecule has 0 saturated heterocycles. The minimum Gasteiger partial charge on any atom is -0.497 e. The van der Waals surface area contributed by atoms with Gasteiger partial charge in [-0.15, -0.1) is 0 Å². The predicted octanol–water partition coefficient (Wildman–Crippen LogP) is 4.80. The molecule has 1 aromatic rings. The first-order valence-electron chi connectivity index (χ1n) is 9.39. The van der Waals surface area contributed by atoms with Crippen LogP contribution in [0.2, 0.25) is 0 Å². The minimum absolute atomic E-state index is 0.0493. The number of benzene rings is 1. The summed E-state index contributed by atoms with van der Waals surface area (Å²) in [5.41, 5.74) is 0.909. The summed E-state index contributed by atoms with van der Waals surface area (Å²) in [7, 11) is 1.67. The third kappa shape index (κ3) is 3.39. The van der Waals surface area contributed by atoms with Crippen LogP contribution >= 0.6 is 0 Å². The molecule has 25 heavy (non-hydrogen) atoms. The van der Waals surface area contributed by atoms with Crippen molar-refractivity contribution in [1.29, 1.82) is 0 Å². The van der Waals surface area contributed by atoms with Crippen LogP contribution in [0.15, 0.2) is 36.4 Å². The first-order valence-corrected chi connectivity index (χ1v) is 9.39. The van der Waals surface area contributed by atoms with Crippen LogP contribution in [0.3, 0.4) is 0 Å². The molecule has 0 aliphatic heterocycles. The fourth-order valence-corrected chi connectivity index (χ4v) is 4.85. The highest BCUT2D eigenvalue weighted by Gasteiger charge is 2.57. The first kappa shape index (κ1) is 18.2. The molecule has 3 nitrogen and oxygen atoms in total. The lowest BCUT2D eigenvalue weighted by molar-refractivity contribution is -0.132. The number of rotatable bonds is 6. The van der Waals surface area contributed by atoms with E-state index >= 15 is 0 Å². The number of methoxy groups -OCH3 is 1. The van der Waals surface area contributed by atoms with Gasteiger partial charge in [-0.25, -0.2) is 0 Å². The Morgan fingerprint density at radius 3 is 2.60 bits per heavy atom. The maximum atomic E-state index is 13.1. The standard InChI is InChI=1S/C22H30O3/c1-5-6-11-22(3)19-13-18(21(22)23)20(12-15(19)2)25-14-16-7-9-17(24-4)10-8-16/h5-10,15,18-20H,11-14H2,1-4H3/b6-5+/t15-,18+,19-,20-,22-/m1/s1. The van der Waals surface area contributed by atoms with Gasteiger partial charge in [0.25, 0.3) is 0 Å². The first-order chi connectivity index (χ1) is 12.0. The Bertz CT molecular complexity index is 633. The smallest absolute Gasteiger partial charge is 0.145 e. The topological polar surface area (TPSA) is 35.5 Å². The Hall–Kier alpha value is -1.61. The Morgan fingerprint density at radius 2 is 1.96 bits per heavy atom. The highest BCUT2D eigenvalue weighted by Crippen LogP contribution is 2.55. The molecular formula is C22H30O3. The monoisotopic (exact) mass is 342 g/mol. The van der Waals surface area contributed by atoms with E-state index in [0.717, 1.165) is 30.6 Å². The summed E-state index contributed by atoms with van der Waals surface area (Å²) in [5, 5.41) is 0. The highest BCUT2D eigenvalue weighted by molar-refractivity contribution is 5.90. The van der Waals surface area contributed by atoms with Crippen molar-refractivity contribution in [3.63, 3.8) is 0 Å². The summed E-state index contributed by atoms with van der Waals surface area (Å²) in [6, 6.07) is 7.96. The largest absolute Gasteiger partial charge is 0.497 e.